The molecule has 2 rings (SSSR count). The van der Waals surface area contributed by atoms with Crippen LogP contribution in [0.15, 0.2) is 22.9 Å². The third-order valence-corrected chi connectivity index (χ3v) is 3.68. The summed E-state index contributed by atoms with van der Waals surface area (Å²) in [7, 11) is 0. The van der Waals surface area contributed by atoms with Crippen molar-refractivity contribution >= 4 is 56.5 Å². The fraction of sp³-hybridized carbons (Fsp3) is 0.167. The maximum atomic E-state index is 13.4. The Kier molecular flexibility index (Phi) is 5.01. The summed E-state index contributed by atoms with van der Waals surface area (Å²) in [6.07, 6.45) is 1.41. The van der Waals surface area contributed by atoms with Crippen LogP contribution < -0.4 is 10.6 Å². The minimum Gasteiger partial charge on any atom is -0.369 e. The van der Waals surface area contributed by atoms with Crippen LogP contribution in [0, 0.1) is 5.82 Å². The van der Waals surface area contributed by atoms with Crippen LogP contribution in [0.25, 0.3) is 0 Å². The van der Waals surface area contributed by atoms with Crippen LogP contribution in [0.4, 0.5) is 21.7 Å². The summed E-state index contributed by atoms with van der Waals surface area (Å²) in [5.41, 5.74) is 0.531. The number of halogens is 4. The number of rotatable bonds is 4. The first-order valence-electron chi connectivity index (χ1n) is 5.68. The van der Waals surface area contributed by atoms with Gasteiger partial charge < -0.3 is 10.6 Å². The normalized spacial score (nSPS) is 10.4. The van der Waals surface area contributed by atoms with E-state index in [1.54, 1.807) is 0 Å². The Morgan fingerprint density at radius 2 is 1.80 bits per heavy atom. The molecule has 1 aromatic carbocycles. The zero-order valence-corrected chi connectivity index (χ0v) is 13.4. The van der Waals surface area contributed by atoms with E-state index in [1.165, 1.54) is 18.5 Å². The first kappa shape index (κ1) is 15.3. The minimum absolute atomic E-state index is 0.0583. The molecule has 8 heteroatoms. The van der Waals surface area contributed by atoms with Gasteiger partial charge in [0.15, 0.2) is 5.82 Å². The number of nitrogens with zero attached hydrogens (tertiary/aromatic N) is 2. The summed E-state index contributed by atoms with van der Waals surface area (Å²) in [5, 5.41) is 5.97. The second-order valence-electron chi connectivity index (χ2n) is 3.79. The summed E-state index contributed by atoms with van der Waals surface area (Å²) in [5.74, 6) is 0.535. The van der Waals surface area contributed by atoms with Gasteiger partial charge in [0.25, 0.3) is 0 Å². The van der Waals surface area contributed by atoms with E-state index in [0.717, 1.165) is 6.54 Å². The van der Waals surface area contributed by atoms with Crippen molar-refractivity contribution in [2.75, 3.05) is 17.2 Å². The van der Waals surface area contributed by atoms with Crippen LogP contribution in [0.1, 0.15) is 6.92 Å². The lowest BCUT2D eigenvalue weighted by atomic mass is 10.3. The summed E-state index contributed by atoms with van der Waals surface area (Å²) < 4.78 is 14.0. The molecule has 0 aliphatic rings. The topological polar surface area (TPSA) is 49.8 Å². The van der Waals surface area contributed by atoms with Gasteiger partial charge in [0.2, 0.25) is 0 Å². The van der Waals surface area contributed by atoms with Gasteiger partial charge in [-0.05, 0) is 35.0 Å². The summed E-state index contributed by atoms with van der Waals surface area (Å²) in [4.78, 5) is 8.21. The van der Waals surface area contributed by atoms with Crippen LogP contribution >= 0.6 is 39.1 Å². The monoisotopic (exact) mass is 378 g/mol. The Hall–Kier alpha value is -1.11. The molecule has 0 saturated heterocycles. The molecule has 0 aliphatic carbocycles. The molecule has 1 aromatic heterocycles. The average molecular weight is 380 g/mol. The van der Waals surface area contributed by atoms with Gasteiger partial charge in [0.05, 0.1) is 10.0 Å². The Bertz CT molecular complexity index is 616. The highest BCUT2D eigenvalue weighted by molar-refractivity contribution is 9.10. The molecule has 0 amide bonds. The Morgan fingerprint density at radius 1 is 1.20 bits per heavy atom. The van der Waals surface area contributed by atoms with Gasteiger partial charge in [-0.3, -0.25) is 0 Å². The van der Waals surface area contributed by atoms with Gasteiger partial charge in [0.1, 0.15) is 22.4 Å². The van der Waals surface area contributed by atoms with E-state index in [4.69, 9.17) is 23.2 Å². The number of nitrogens with one attached hydrogen (secondary N) is 2. The number of benzene rings is 1. The molecule has 0 unspecified atom stereocenters. The van der Waals surface area contributed by atoms with Crippen LogP contribution in [0.3, 0.4) is 0 Å². The van der Waals surface area contributed by atoms with Crippen molar-refractivity contribution in [3.8, 4) is 0 Å². The van der Waals surface area contributed by atoms with Crippen molar-refractivity contribution in [2.24, 2.45) is 0 Å². The van der Waals surface area contributed by atoms with E-state index in [2.05, 4.69) is 36.5 Å². The largest absolute Gasteiger partial charge is 0.369 e. The molecule has 2 aromatic rings. The Labute approximate surface area is 133 Å². The van der Waals surface area contributed by atoms with E-state index in [1.807, 2.05) is 6.92 Å². The van der Waals surface area contributed by atoms with Crippen LogP contribution in [0.2, 0.25) is 10.0 Å². The molecule has 106 valence electrons. The molecule has 1 heterocycles. The molecule has 0 atom stereocenters. The highest BCUT2D eigenvalue weighted by Gasteiger charge is 2.11. The zero-order chi connectivity index (χ0) is 14.7. The molecule has 0 saturated carbocycles. The predicted octanol–water partition coefficient (Wildman–Crippen LogP) is 4.86. The van der Waals surface area contributed by atoms with Crippen molar-refractivity contribution < 1.29 is 4.39 Å². The molecular weight excluding hydrogens is 370 g/mol. The average Bonchev–Trinajstić information content (AvgIpc) is 2.41. The standard InChI is InChI=1S/C12H10BrCl2FN4/c1-2-17-11-9(13)12(19-5-18-11)20-6-3-7(14)10(16)8(15)4-6/h3-5H,2H2,1H3,(H2,17,18,19,20). The number of hydrogen-bond donors (Lipinski definition) is 2. The lowest BCUT2D eigenvalue weighted by molar-refractivity contribution is 0.629. The van der Waals surface area contributed by atoms with Crippen LogP contribution in [-0.4, -0.2) is 16.5 Å². The van der Waals surface area contributed by atoms with E-state index in [0.29, 0.717) is 21.8 Å². The van der Waals surface area contributed by atoms with E-state index >= 15 is 0 Å². The summed E-state index contributed by atoms with van der Waals surface area (Å²) in [6, 6.07) is 2.87. The molecule has 0 aliphatic heterocycles. The maximum absolute atomic E-state index is 13.4. The van der Waals surface area contributed by atoms with E-state index in [9.17, 15) is 4.39 Å². The molecule has 0 spiro atoms. The Morgan fingerprint density at radius 3 is 2.40 bits per heavy atom. The van der Waals surface area contributed by atoms with Gasteiger partial charge in [-0.2, -0.15) is 0 Å². The SMILES string of the molecule is CCNc1ncnc(Nc2cc(Cl)c(F)c(Cl)c2)c1Br. The number of hydrogen-bond acceptors (Lipinski definition) is 4. The molecule has 20 heavy (non-hydrogen) atoms. The maximum Gasteiger partial charge on any atom is 0.160 e. The second kappa shape index (κ2) is 6.56. The quantitative estimate of drug-likeness (QED) is 0.744. The second-order valence-corrected chi connectivity index (χ2v) is 5.40. The lowest BCUT2D eigenvalue weighted by Crippen LogP contribution is -2.03. The van der Waals surface area contributed by atoms with Gasteiger partial charge in [-0.15, -0.1) is 0 Å². The summed E-state index contributed by atoms with van der Waals surface area (Å²) >= 11 is 14.9. The molecule has 0 bridgehead atoms. The molecule has 2 N–H and O–H groups in total. The first-order valence-corrected chi connectivity index (χ1v) is 7.23. The number of anilines is 3. The third kappa shape index (κ3) is 3.31. The van der Waals surface area contributed by atoms with Crippen LogP contribution in [-0.2, 0) is 0 Å². The molecule has 4 nitrogen and oxygen atoms in total. The molecule has 0 fully saturated rings. The van der Waals surface area contributed by atoms with Crippen molar-refractivity contribution in [2.45, 2.75) is 6.92 Å². The van der Waals surface area contributed by atoms with Gasteiger partial charge in [0, 0.05) is 12.2 Å². The number of aromatic nitrogens is 2. The smallest absolute Gasteiger partial charge is 0.160 e. The first-order chi connectivity index (χ1) is 9.52. The molecule has 0 radical (unpaired) electrons. The fourth-order valence-electron chi connectivity index (χ4n) is 1.51. The lowest BCUT2D eigenvalue weighted by Gasteiger charge is -2.11. The fourth-order valence-corrected chi connectivity index (χ4v) is 2.44. The molecular formula is C12H10BrCl2FN4. The Balaban J connectivity index is 2.33. The van der Waals surface area contributed by atoms with Crippen molar-refractivity contribution in [1.29, 1.82) is 0 Å². The van der Waals surface area contributed by atoms with Gasteiger partial charge in [-0.25, -0.2) is 14.4 Å². The third-order valence-electron chi connectivity index (χ3n) is 2.38. The van der Waals surface area contributed by atoms with Crippen molar-refractivity contribution in [3.05, 3.63) is 38.8 Å². The minimum atomic E-state index is -0.644. The predicted molar refractivity (Wildman–Crippen MR) is 83.6 cm³/mol. The van der Waals surface area contributed by atoms with Crippen molar-refractivity contribution in [1.82, 2.24) is 9.97 Å². The van der Waals surface area contributed by atoms with Gasteiger partial charge in [-0.1, -0.05) is 23.2 Å². The van der Waals surface area contributed by atoms with Crippen molar-refractivity contribution in [3.63, 3.8) is 0 Å². The highest BCUT2D eigenvalue weighted by atomic mass is 79.9. The summed E-state index contributed by atoms with van der Waals surface area (Å²) in [6.45, 7) is 2.68. The zero-order valence-electron chi connectivity index (χ0n) is 10.3. The highest BCUT2D eigenvalue weighted by Crippen LogP contribution is 2.32. The van der Waals surface area contributed by atoms with E-state index < -0.39 is 5.82 Å². The van der Waals surface area contributed by atoms with Gasteiger partial charge >= 0.3 is 0 Å². The van der Waals surface area contributed by atoms with Crippen LogP contribution in [0.5, 0.6) is 0 Å². The van der Waals surface area contributed by atoms with E-state index in [-0.39, 0.29) is 10.0 Å².